The van der Waals surface area contributed by atoms with Gasteiger partial charge in [0, 0.05) is 18.3 Å². The molecule has 9 nitrogen and oxygen atoms in total. The lowest BCUT2D eigenvalue weighted by Crippen LogP contribution is -2.64. The standard InChI is InChI=1S/C18H20ClFN3O6S2/c1-29-18(24)13-2-3-14(21-11-13)12-22-31(27,28)23(6-8-30(25,26)9-7-23)15-4-5-17(20)16(19)10-15/h2-5,10-11,22H,6-9,12H2,1H3/q+1. The molecule has 168 valence electrons. The van der Waals surface area contributed by atoms with Gasteiger partial charge >= 0.3 is 16.2 Å². The number of hydrogen-bond donors (Lipinski definition) is 1. The van der Waals surface area contributed by atoms with Gasteiger partial charge in [-0.05, 0) is 18.2 Å². The second-order valence-electron chi connectivity index (χ2n) is 6.91. The van der Waals surface area contributed by atoms with E-state index in [1.807, 2.05) is 0 Å². The molecule has 1 aliphatic heterocycles. The molecule has 3 rings (SSSR count). The number of methoxy groups -OCH3 is 1. The smallest absolute Gasteiger partial charge is 0.375 e. The molecule has 0 unspecified atom stereocenters. The summed E-state index contributed by atoms with van der Waals surface area (Å²) in [6.45, 7) is -0.714. The number of rotatable bonds is 6. The van der Waals surface area contributed by atoms with E-state index in [2.05, 4.69) is 14.4 Å². The molecule has 1 aromatic carbocycles. The fourth-order valence-corrected chi connectivity index (χ4v) is 6.64. The Morgan fingerprint density at radius 2 is 1.94 bits per heavy atom. The minimum atomic E-state index is -4.20. The summed E-state index contributed by atoms with van der Waals surface area (Å²) in [5.74, 6) is -2.00. The van der Waals surface area contributed by atoms with Crippen LogP contribution in [0.3, 0.4) is 0 Å². The van der Waals surface area contributed by atoms with Crippen LogP contribution in [0.1, 0.15) is 16.1 Å². The van der Waals surface area contributed by atoms with Crippen molar-refractivity contribution in [2.75, 3.05) is 31.7 Å². The number of benzene rings is 1. The van der Waals surface area contributed by atoms with Crippen LogP contribution in [0.5, 0.6) is 0 Å². The van der Waals surface area contributed by atoms with Gasteiger partial charge in [0.1, 0.15) is 30.4 Å². The molecule has 1 N–H and O–H groups in total. The number of ether oxygens (including phenoxy) is 1. The van der Waals surface area contributed by atoms with E-state index in [1.54, 1.807) is 0 Å². The van der Waals surface area contributed by atoms with Crippen molar-refractivity contribution in [2.45, 2.75) is 6.54 Å². The van der Waals surface area contributed by atoms with Crippen molar-refractivity contribution >= 4 is 43.3 Å². The number of carbonyl (C=O) groups is 1. The first-order chi connectivity index (χ1) is 14.5. The van der Waals surface area contributed by atoms with E-state index in [0.29, 0.717) is 5.69 Å². The number of aromatic nitrogens is 1. The van der Waals surface area contributed by atoms with Gasteiger partial charge in [0.2, 0.25) is 0 Å². The van der Waals surface area contributed by atoms with Crippen molar-refractivity contribution in [3.05, 3.63) is 58.6 Å². The Morgan fingerprint density at radius 1 is 1.26 bits per heavy atom. The van der Waals surface area contributed by atoms with Crippen molar-refractivity contribution < 1.29 is 30.8 Å². The molecule has 0 bridgehead atoms. The lowest BCUT2D eigenvalue weighted by atomic mass is 10.2. The van der Waals surface area contributed by atoms with Crippen LogP contribution in [0, 0.1) is 5.82 Å². The highest BCUT2D eigenvalue weighted by atomic mass is 35.5. The fraction of sp³-hybridized carbons (Fsp3) is 0.333. The highest BCUT2D eigenvalue weighted by Crippen LogP contribution is 2.33. The van der Waals surface area contributed by atoms with E-state index < -0.39 is 35.7 Å². The number of quaternary nitrogens is 1. The summed E-state index contributed by atoms with van der Waals surface area (Å²) in [6, 6.07) is 6.43. The molecule has 2 heterocycles. The predicted octanol–water partition coefficient (Wildman–Crippen LogP) is 1.43. The minimum Gasteiger partial charge on any atom is -0.465 e. The summed E-state index contributed by atoms with van der Waals surface area (Å²) < 4.78 is 70.5. The van der Waals surface area contributed by atoms with Crippen LogP contribution in [-0.2, 0) is 31.3 Å². The summed E-state index contributed by atoms with van der Waals surface area (Å²) in [6.07, 6.45) is 1.26. The molecule has 1 aromatic heterocycles. The Bertz CT molecular complexity index is 1190. The lowest BCUT2D eigenvalue weighted by molar-refractivity contribution is 0.0600. The molecule has 1 fully saturated rings. The monoisotopic (exact) mass is 492 g/mol. The fourth-order valence-electron chi connectivity index (χ4n) is 3.22. The third kappa shape index (κ3) is 4.88. The van der Waals surface area contributed by atoms with Gasteiger partial charge in [-0.15, -0.1) is 0 Å². The Labute approximate surface area is 184 Å². The highest BCUT2D eigenvalue weighted by molar-refractivity contribution is 7.92. The number of halogens is 2. The lowest BCUT2D eigenvalue weighted by Gasteiger charge is -2.38. The number of pyridine rings is 1. The third-order valence-corrected chi connectivity index (χ3v) is 8.95. The van der Waals surface area contributed by atoms with Crippen LogP contribution in [0.25, 0.3) is 0 Å². The molecule has 1 aliphatic rings. The van der Waals surface area contributed by atoms with Crippen LogP contribution in [0.2, 0.25) is 5.02 Å². The SMILES string of the molecule is COC(=O)c1ccc(CNS(=O)(=O)[N+]2(c3ccc(F)c(Cl)c3)CCS(=O)(=O)CC2)nc1. The summed E-state index contributed by atoms with van der Waals surface area (Å²) in [7, 11) is -6.36. The van der Waals surface area contributed by atoms with Gasteiger partial charge in [-0.2, -0.15) is 17.0 Å². The predicted molar refractivity (Wildman–Crippen MR) is 113 cm³/mol. The van der Waals surface area contributed by atoms with Crippen LogP contribution >= 0.6 is 11.6 Å². The molecule has 0 atom stereocenters. The molecule has 0 amide bonds. The zero-order chi connectivity index (χ0) is 22.9. The Kier molecular flexibility index (Phi) is 6.67. The Morgan fingerprint density at radius 3 is 2.48 bits per heavy atom. The summed E-state index contributed by atoms with van der Waals surface area (Å²) in [5, 5.41) is -0.265. The first-order valence-corrected chi connectivity index (χ1v) is 12.7. The maximum absolute atomic E-state index is 13.7. The van der Waals surface area contributed by atoms with E-state index >= 15 is 0 Å². The van der Waals surface area contributed by atoms with E-state index in [-0.39, 0.29) is 47.4 Å². The maximum Gasteiger partial charge on any atom is 0.375 e. The second-order valence-corrected chi connectivity index (χ2v) is 11.6. The van der Waals surface area contributed by atoms with Gasteiger partial charge in [0.05, 0.1) is 29.9 Å². The van der Waals surface area contributed by atoms with Crippen molar-refractivity contribution in [3.8, 4) is 0 Å². The summed E-state index contributed by atoms with van der Waals surface area (Å²) in [4.78, 5) is 15.5. The first-order valence-electron chi connectivity index (χ1n) is 9.06. The number of esters is 1. The zero-order valence-electron chi connectivity index (χ0n) is 16.4. The van der Waals surface area contributed by atoms with Gasteiger partial charge in [0.15, 0.2) is 15.5 Å². The molecule has 1 saturated heterocycles. The number of nitrogens with one attached hydrogen (secondary N) is 1. The van der Waals surface area contributed by atoms with Gasteiger partial charge in [0.25, 0.3) is 0 Å². The summed E-state index contributed by atoms with van der Waals surface area (Å²) in [5.41, 5.74) is 0.693. The van der Waals surface area contributed by atoms with Crippen molar-refractivity contribution in [1.82, 2.24) is 13.6 Å². The molecule has 0 radical (unpaired) electrons. The Balaban J connectivity index is 1.91. The van der Waals surface area contributed by atoms with Gasteiger partial charge in [-0.1, -0.05) is 11.6 Å². The van der Waals surface area contributed by atoms with Gasteiger partial charge in [-0.3, -0.25) is 4.98 Å². The average Bonchev–Trinajstić information content (AvgIpc) is 2.74. The molecule has 2 aromatic rings. The largest absolute Gasteiger partial charge is 0.465 e. The first kappa shape index (κ1) is 23.5. The summed E-state index contributed by atoms with van der Waals surface area (Å²) >= 11 is 5.86. The van der Waals surface area contributed by atoms with Crippen LogP contribution in [-0.4, -0.2) is 59.5 Å². The van der Waals surface area contributed by atoms with E-state index in [9.17, 15) is 26.0 Å². The second kappa shape index (κ2) is 8.79. The molecular weight excluding hydrogens is 473 g/mol. The van der Waals surface area contributed by atoms with E-state index in [4.69, 9.17) is 11.6 Å². The third-order valence-electron chi connectivity index (χ3n) is 5.04. The highest BCUT2D eigenvalue weighted by Gasteiger charge is 2.48. The number of sulfone groups is 1. The average molecular weight is 493 g/mol. The van der Waals surface area contributed by atoms with E-state index in [1.165, 1.54) is 37.6 Å². The number of hydrogen-bond acceptors (Lipinski definition) is 7. The number of carbonyl (C=O) groups excluding carboxylic acids is 1. The molecule has 31 heavy (non-hydrogen) atoms. The maximum atomic E-state index is 13.7. The van der Waals surface area contributed by atoms with Gasteiger partial charge in [-0.25, -0.2) is 17.6 Å². The van der Waals surface area contributed by atoms with Crippen molar-refractivity contribution in [3.63, 3.8) is 0 Å². The van der Waals surface area contributed by atoms with Gasteiger partial charge < -0.3 is 4.74 Å². The molecular formula is C18H20ClFN3O6S2+. The number of nitrogens with zero attached hydrogens (tertiary/aromatic N) is 2. The van der Waals surface area contributed by atoms with Crippen LogP contribution in [0.15, 0.2) is 36.5 Å². The zero-order valence-corrected chi connectivity index (χ0v) is 18.8. The molecule has 0 spiro atoms. The van der Waals surface area contributed by atoms with E-state index in [0.717, 1.165) is 6.07 Å². The molecule has 0 saturated carbocycles. The normalized spacial score (nSPS) is 17.8. The van der Waals surface area contributed by atoms with Crippen molar-refractivity contribution in [2.24, 2.45) is 0 Å². The minimum absolute atomic E-state index is 0.155. The molecule has 13 heteroatoms. The van der Waals surface area contributed by atoms with Crippen LogP contribution < -0.4 is 8.61 Å². The Hall–Kier alpha value is -2.12. The molecule has 0 aliphatic carbocycles. The topological polar surface area (TPSA) is 119 Å². The van der Waals surface area contributed by atoms with Crippen LogP contribution in [0.4, 0.5) is 10.1 Å². The quantitative estimate of drug-likeness (QED) is 0.478. The van der Waals surface area contributed by atoms with Crippen molar-refractivity contribution in [1.29, 1.82) is 0 Å².